The number of nitrogens with zero attached hydrogens (tertiary/aromatic N) is 5. The van der Waals surface area contributed by atoms with Crippen LogP contribution in [0.4, 0.5) is 0 Å². The van der Waals surface area contributed by atoms with Crippen molar-refractivity contribution in [3.63, 3.8) is 0 Å². The standard InChI is InChI=1S/C17H15BrN6O/c18-13-3-11(4-19-7-13)8-24-2-1-15-14(9-24)17(25)23-16(22-15)12-5-20-10-21-6-12/h3-7,10H,1-2,8-9H2,(H,22,23,25). The zero-order valence-electron chi connectivity index (χ0n) is 13.3. The summed E-state index contributed by atoms with van der Waals surface area (Å²) in [5, 5.41) is 0. The molecule has 0 unspecified atom stereocenters. The van der Waals surface area contributed by atoms with Crippen LogP contribution in [-0.4, -0.2) is 36.4 Å². The highest BCUT2D eigenvalue weighted by molar-refractivity contribution is 9.10. The van der Waals surface area contributed by atoms with Gasteiger partial charge in [-0.1, -0.05) is 0 Å². The van der Waals surface area contributed by atoms with E-state index in [4.69, 9.17) is 0 Å². The Hall–Kier alpha value is -2.45. The largest absolute Gasteiger partial charge is 0.306 e. The summed E-state index contributed by atoms with van der Waals surface area (Å²) in [5.74, 6) is 0.522. The van der Waals surface area contributed by atoms with Crippen LogP contribution >= 0.6 is 15.9 Å². The number of H-pyrrole nitrogens is 1. The average molecular weight is 399 g/mol. The Bertz CT molecular complexity index is 959. The minimum atomic E-state index is -0.0964. The second-order valence-electron chi connectivity index (χ2n) is 5.94. The highest BCUT2D eigenvalue weighted by Crippen LogP contribution is 2.20. The van der Waals surface area contributed by atoms with Crippen LogP contribution in [-0.2, 0) is 19.5 Å². The predicted molar refractivity (Wildman–Crippen MR) is 95.6 cm³/mol. The van der Waals surface area contributed by atoms with E-state index in [1.807, 2.05) is 12.3 Å². The van der Waals surface area contributed by atoms with Gasteiger partial charge in [0.05, 0.1) is 16.8 Å². The molecule has 25 heavy (non-hydrogen) atoms. The van der Waals surface area contributed by atoms with Crippen LogP contribution in [0.15, 0.2) is 46.4 Å². The van der Waals surface area contributed by atoms with Crippen molar-refractivity contribution in [1.82, 2.24) is 29.8 Å². The van der Waals surface area contributed by atoms with Crippen LogP contribution in [0.5, 0.6) is 0 Å². The highest BCUT2D eigenvalue weighted by atomic mass is 79.9. The van der Waals surface area contributed by atoms with E-state index in [-0.39, 0.29) is 5.56 Å². The Morgan fingerprint density at radius 3 is 2.80 bits per heavy atom. The number of halogens is 1. The number of aromatic amines is 1. The van der Waals surface area contributed by atoms with Crippen molar-refractivity contribution in [2.45, 2.75) is 19.5 Å². The van der Waals surface area contributed by atoms with Crippen molar-refractivity contribution in [2.24, 2.45) is 0 Å². The third-order valence-electron chi connectivity index (χ3n) is 4.15. The SMILES string of the molecule is O=c1[nH]c(-c2cncnc2)nc2c1CN(Cc1cncc(Br)c1)CC2. The summed E-state index contributed by atoms with van der Waals surface area (Å²) >= 11 is 3.44. The monoisotopic (exact) mass is 398 g/mol. The zero-order chi connectivity index (χ0) is 17.2. The Morgan fingerprint density at radius 1 is 1.16 bits per heavy atom. The molecule has 126 valence electrons. The molecular formula is C17H15BrN6O. The quantitative estimate of drug-likeness (QED) is 0.725. The van der Waals surface area contributed by atoms with Gasteiger partial charge in [0.15, 0.2) is 0 Å². The molecule has 0 atom stereocenters. The van der Waals surface area contributed by atoms with Gasteiger partial charge in [-0.3, -0.25) is 14.7 Å². The summed E-state index contributed by atoms with van der Waals surface area (Å²) in [6.45, 7) is 2.18. The molecule has 7 nitrogen and oxygen atoms in total. The predicted octanol–water partition coefficient (Wildman–Crippen LogP) is 1.94. The Morgan fingerprint density at radius 2 is 2.00 bits per heavy atom. The molecule has 1 N–H and O–H groups in total. The first kappa shape index (κ1) is 16.0. The van der Waals surface area contributed by atoms with Gasteiger partial charge in [-0.2, -0.15) is 0 Å². The van der Waals surface area contributed by atoms with Crippen molar-refractivity contribution >= 4 is 15.9 Å². The van der Waals surface area contributed by atoms with Gasteiger partial charge < -0.3 is 4.98 Å². The van der Waals surface area contributed by atoms with E-state index in [9.17, 15) is 4.79 Å². The summed E-state index contributed by atoms with van der Waals surface area (Å²) in [5.41, 5.74) is 3.31. The van der Waals surface area contributed by atoms with Gasteiger partial charge >= 0.3 is 0 Å². The molecule has 0 aromatic carbocycles. The third kappa shape index (κ3) is 3.49. The molecule has 4 heterocycles. The Labute approximate surface area is 152 Å². The summed E-state index contributed by atoms with van der Waals surface area (Å²) < 4.78 is 0.955. The lowest BCUT2D eigenvalue weighted by atomic mass is 10.1. The minimum absolute atomic E-state index is 0.0964. The molecule has 0 saturated heterocycles. The van der Waals surface area contributed by atoms with Crippen molar-refractivity contribution in [3.05, 3.63) is 68.8 Å². The molecule has 0 saturated carbocycles. The molecule has 8 heteroatoms. The van der Waals surface area contributed by atoms with Crippen molar-refractivity contribution < 1.29 is 0 Å². The summed E-state index contributed by atoms with van der Waals surface area (Å²) in [4.78, 5) is 34.4. The van der Waals surface area contributed by atoms with E-state index in [1.54, 1.807) is 18.6 Å². The van der Waals surface area contributed by atoms with Crippen LogP contribution < -0.4 is 5.56 Å². The molecule has 3 aromatic heterocycles. The first-order valence-corrected chi connectivity index (χ1v) is 8.67. The van der Waals surface area contributed by atoms with E-state index in [2.05, 4.69) is 45.7 Å². The van der Waals surface area contributed by atoms with Crippen molar-refractivity contribution in [3.8, 4) is 11.4 Å². The minimum Gasteiger partial charge on any atom is -0.306 e. The first-order valence-electron chi connectivity index (χ1n) is 7.88. The van der Waals surface area contributed by atoms with Crippen LogP contribution in [0.3, 0.4) is 0 Å². The number of hydrogen-bond donors (Lipinski definition) is 1. The Balaban J connectivity index is 1.58. The van der Waals surface area contributed by atoms with Gasteiger partial charge in [0.25, 0.3) is 5.56 Å². The number of rotatable bonds is 3. The number of hydrogen-bond acceptors (Lipinski definition) is 6. The van der Waals surface area contributed by atoms with Crippen LogP contribution in [0.1, 0.15) is 16.8 Å². The van der Waals surface area contributed by atoms with E-state index in [0.29, 0.717) is 17.9 Å². The molecule has 1 aliphatic rings. The van der Waals surface area contributed by atoms with E-state index in [1.165, 1.54) is 6.33 Å². The van der Waals surface area contributed by atoms with Gasteiger partial charge in [-0.15, -0.1) is 0 Å². The summed E-state index contributed by atoms with van der Waals surface area (Å²) in [6.07, 6.45) is 9.09. The molecule has 0 bridgehead atoms. The third-order valence-corrected chi connectivity index (χ3v) is 4.58. The van der Waals surface area contributed by atoms with Gasteiger partial charge in [0.2, 0.25) is 0 Å². The number of fused-ring (bicyclic) bond motifs is 1. The second-order valence-corrected chi connectivity index (χ2v) is 6.85. The van der Waals surface area contributed by atoms with E-state index < -0.39 is 0 Å². The summed E-state index contributed by atoms with van der Waals surface area (Å²) in [6, 6.07) is 2.05. The lowest BCUT2D eigenvalue weighted by Gasteiger charge is -2.27. The van der Waals surface area contributed by atoms with E-state index >= 15 is 0 Å². The number of pyridine rings is 1. The topological polar surface area (TPSA) is 87.7 Å². The van der Waals surface area contributed by atoms with Gasteiger partial charge in [-0.05, 0) is 27.6 Å². The lowest BCUT2D eigenvalue weighted by molar-refractivity contribution is 0.241. The molecule has 0 radical (unpaired) electrons. The highest BCUT2D eigenvalue weighted by Gasteiger charge is 2.21. The first-order chi connectivity index (χ1) is 12.2. The fourth-order valence-electron chi connectivity index (χ4n) is 2.97. The number of nitrogens with one attached hydrogen (secondary N) is 1. The van der Waals surface area contributed by atoms with Crippen LogP contribution in [0.25, 0.3) is 11.4 Å². The molecule has 0 spiro atoms. The fraction of sp³-hybridized carbons (Fsp3) is 0.235. The fourth-order valence-corrected chi connectivity index (χ4v) is 3.39. The number of aromatic nitrogens is 5. The second kappa shape index (κ2) is 6.81. The Kier molecular flexibility index (Phi) is 4.37. The van der Waals surface area contributed by atoms with Crippen molar-refractivity contribution in [1.29, 1.82) is 0 Å². The normalized spacial score (nSPS) is 14.3. The molecule has 0 fully saturated rings. The lowest BCUT2D eigenvalue weighted by Crippen LogP contribution is -2.35. The smallest absolute Gasteiger partial charge is 0.255 e. The van der Waals surface area contributed by atoms with Gasteiger partial charge in [0.1, 0.15) is 12.2 Å². The maximum Gasteiger partial charge on any atom is 0.255 e. The van der Waals surface area contributed by atoms with Gasteiger partial charge in [0, 0.05) is 55.3 Å². The maximum atomic E-state index is 12.5. The zero-order valence-corrected chi connectivity index (χ0v) is 14.9. The summed E-state index contributed by atoms with van der Waals surface area (Å²) in [7, 11) is 0. The molecule has 1 aliphatic heterocycles. The average Bonchev–Trinajstić information content (AvgIpc) is 2.63. The van der Waals surface area contributed by atoms with Gasteiger partial charge in [-0.25, -0.2) is 15.0 Å². The van der Waals surface area contributed by atoms with Crippen LogP contribution in [0, 0.1) is 0 Å². The molecule has 0 aliphatic carbocycles. The molecule has 0 amide bonds. The molecule has 4 rings (SSSR count). The molecular weight excluding hydrogens is 384 g/mol. The van der Waals surface area contributed by atoms with E-state index in [0.717, 1.165) is 40.8 Å². The molecule has 3 aromatic rings. The maximum absolute atomic E-state index is 12.5. The van der Waals surface area contributed by atoms with Crippen molar-refractivity contribution in [2.75, 3.05) is 6.54 Å². The van der Waals surface area contributed by atoms with Crippen LogP contribution in [0.2, 0.25) is 0 Å².